The molecule has 8 nitrogen and oxygen atoms in total. The number of carbonyl (C=O) groups excluding carboxylic acids is 3. The molecule has 0 unspecified atom stereocenters. The summed E-state index contributed by atoms with van der Waals surface area (Å²) in [5.74, 6) is -1.33. The lowest BCUT2D eigenvalue weighted by Gasteiger charge is -2.16. The van der Waals surface area contributed by atoms with Gasteiger partial charge in [-0.15, -0.1) is 11.3 Å². The van der Waals surface area contributed by atoms with Gasteiger partial charge in [0.15, 0.2) is 17.6 Å². The first-order valence-corrected chi connectivity index (χ1v) is 8.82. The second kappa shape index (κ2) is 9.04. The molecule has 1 heterocycles. The molecule has 0 saturated heterocycles. The van der Waals surface area contributed by atoms with Crippen molar-refractivity contribution in [1.82, 2.24) is 0 Å². The van der Waals surface area contributed by atoms with E-state index in [2.05, 4.69) is 5.32 Å². The maximum atomic E-state index is 12.5. The van der Waals surface area contributed by atoms with E-state index < -0.39 is 18.0 Å². The van der Waals surface area contributed by atoms with Gasteiger partial charge in [0, 0.05) is 17.0 Å². The van der Waals surface area contributed by atoms with Crippen LogP contribution in [-0.4, -0.2) is 38.1 Å². The van der Waals surface area contributed by atoms with Crippen LogP contribution in [0.5, 0.6) is 11.5 Å². The van der Waals surface area contributed by atoms with E-state index in [0.29, 0.717) is 5.75 Å². The average molecular weight is 392 g/mol. The molecule has 0 spiro atoms. The molecule has 0 saturated carbocycles. The Balaban J connectivity index is 2.33. The van der Waals surface area contributed by atoms with Crippen molar-refractivity contribution in [3.05, 3.63) is 40.1 Å². The average Bonchev–Trinajstić information content (AvgIpc) is 3.13. The van der Waals surface area contributed by atoms with Gasteiger partial charge in [-0.3, -0.25) is 9.59 Å². The Morgan fingerprint density at radius 3 is 2.41 bits per heavy atom. The molecule has 2 rings (SSSR count). The van der Waals surface area contributed by atoms with Gasteiger partial charge in [0.2, 0.25) is 5.91 Å². The Hall–Kier alpha value is -3.07. The Morgan fingerprint density at radius 1 is 1.19 bits per heavy atom. The van der Waals surface area contributed by atoms with E-state index in [9.17, 15) is 14.4 Å². The van der Waals surface area contributed by atoms with E-state index in [1.807, 2.05) is 17.5 Å². The summed E-state index contributed by atoms with van der Waals surface area (Å²) in [5, 5.41) is 4.54. The van der Waals surface area contributed by atoms with Gasteiger partial charge >= 0.3 is 5.97 Å². The molecule has 2 amide bonds. The monoisotopic (exact) mass is 392 g/mol. The van der Waals surface area contributed by atoms with Crippen molar-refractivity contribution in [1.29, 1.82) is 0 Å². The molecule has 0 aliphatic heterocycles. The van der Waals surface area contributed by atoms with Crippen molar-refractivity contribution < 1.29 is 28.6 Å². The Bertz CT molecular complexity index is 835. The largest absolute Gasteiger partial charge is 0.493 e. The lowest BCUT2D eigenvalue weighted by molar-refractivity contribution is -0.125. The second-order valence-corrected chi connectivity index (χ2v) is 6.54. The van der Waals surface area contributed by atoms with Gasteiger partial charge in [0.25, 0.3) is 5.91 Å². The van der Waals surface area contributed by atoms with Gasteiger partial charge in [0.05, 0.1) is 31.9 Å². The molecule has 0 aliphatic rings. The summed E-state index contributed by atoms with van der Waals surface area (Å²) in [6.07, 6.45) is -0.974. The van der Waals surface area contributed by atoms with Gasteiger partial charge in [-0.2, -0.15) is 0 Å². The summed E-state index contributed by atoms with van der Waals surface area (Å²) in [5.41, 5.74) is 5.32. The number of anilines is 1. The SMILES string of the molecule is COc1cc(NC(=O)Cc2cccs2)c(C(=O)O[C@H](C)C(N)=O)cc1OC. The maximum absolute atomic E-state index is 12.5. The smallest absolute Gasteiger partial charge is 0.341 e. The van der Waals surface area contributed by atoms with Crippen molar-refractivity contribution in [3.8, 4) is 11.5 Å². The number of rotatable bonds is 8. The number of thiophene rings is 1. The molecule has 0 radical (unpaired) electrons. The molecule has 3 N–H and O–H groups in total. The van der Waals surface area contributed by atoms with Crippen LogP contribution < -0.4 is 20.5 Å². The van der Waals surface area contributed by atoms with Crippen LogP contribution >= 0.6 is 11.3 Å². The maximum Gasteiger partial charge on any atom is 0.341 e. The zero-order chi connectivity index (χ0) is 20.0. The highest BCUT2D eigenvalue weighted by atomic mass is 32.1. The fourth-order valence-electron chi connectivity index (χ4n) is 2.20. The molecule has 144 valence electrons. The third kappa shape index (κ3) is 5.20. The number of amides is 2. The van der Waals surface area contributed by atoms with Gasteiger partial charge in [-0.05, 0) is 18.4 Å². The fraction of sp³-hybridized carbons (Fsp3) is 0.278. The Labute approximate surface area is 160 Å². The molecule has 1 aromatic carbocycles. The van der Waals surface area contributed by atoms with Crippen LogP contribution in [0.1, 0.15) is 22.2 Å². The first-order chi connectivity index (χ1) is 12.8. The highest BCUT2D eigenvalue weighted by molar-refractivity contribution is 7.10. The lowest BCUT2D eigenvalue weighted by Crippen LogP contribution is -2.30. The minimum Gasteiger partial charge on any atom is -0.493 e. The van der Waals surface area contributed by atoms with E-state index in [4.69, 9.17) is 19.9 Å². The van der Waals surface area contributed by atoms with Crippen LogP contribution in [0.4, 0.5) is 5.69 Å². The van der Waals surface area contributed by atoms with Crippen LogP contribution in [0.3, 0.4) is 0 Å². The standard InChI is InChI=1S/C18H20N2O6S/c1-10(17(19)22)26-18(23)12-8-14(24-2)15(25-3)9-13(12)20-16(21)7-11-5-4-6-27-11/h4-6,8-10H,7H2,1-3H3,(H2,19,22)(H,20,21)/t10-/m1/s1. The molecule has 1 aromatic heterocycles. The van der Waals surface area contributed by atoms with Crippen LogP contribution in [-0.2, 0) is 20.7 Å². The molecule has 0 fully saturated rings. The quantitative estimate of drug-likeness (QED) is 0.664. The number of esters is 1. The second-order valence-electron chi connectivity index (χ2n) is 5.51. The molecule has 0 aliphatic carbocycles. The molecular weight excluding hydrogens is 372 g/mol. The number of hydrogen-bond acceptors (Lipinski definition) is 7. The number of methoxy groups -OCH3 is 2. The highest BCUT2D eigenvalue weighted by Crippen LogP contribution is 2.34. The zero-order valence-electron chi connectivity index (χ0n) is 15.1. The number of benzene rings is 1. The normalized spacial score (nSPS) is 11.4. The summed E-state index contributed by atoms with van der Waals surface area (Å²) in [4.78, 5) is 36.8. The minimum atomic E-state index is -1.12. The lowest BCUT2D eigenvalue weighted by atomic mass is 10.1. The van der Waals surface area contributed by atoms with Gasteiger partial charge in [0.1, 0.15) is 0 Å². The highest BCUT2D eigenvalue weighted by Gasteiger charge is 2.23. The van der Waals surface area contributed by atoms with E-state index in [-0.39, 0.29) is 29.3 Å². The zero-order valence-corrected chi connectivity index (χ0v) is 15.9. The van der Waals surface area contributed by atoms with Crippen LogP contribution in [0, 0.1) is 0 Å². The van der Waals surface area contributed by atoms with Crippen molar-refractivity contribution in [2.45, 2.75) is 19.4 Å². The van der Waals surface area contributed by atoms with Crippen LogP contribution in [0.15, 0.2) is 29.6 Å². The first kappa shape index (κ1) is 20.2. The topological polar surface area (TPSA) is 117 Å². The van der Waals surface area contributed by atoms with E-state index in [0.717, 1.165) is 4.88 Å². The molecule has 1 atom stereocenters. The number of nitrogens with one attached hydrogen (secondary N) is 1. The molecule has 9 heteroatoms. The minimum absolute atomic E-state index is 0.0141. The summed E-state index contributed by atoms with van der Waals surface area (Å²) >= 11 is 1.45. The van der Waals surface area contributed by atoms with E-state index in [1.165, 1.54) is 44.6 Å². The number of carbonyl (C=O) groups is 3. The van der Waals surface area contributed by atoms with Crippen molar-refractivity contribution in [3.63, 3.8) is 0 Å². The van der Waals surface area contributed by atoms with Crippen molar-refractivity contribution in [2.24, 2.45) is 5.73 Å². The van der Waals surface area contributed by atoms with Crippen molar-refractivity contribution >= 4 is 34.8 Å². The summed E-state index contributed by atoms with van der Waals surface area (Å²) < 4.78 is 15.4. The molecule has 2 aromatic rings. The summed E-state index contributed by atoms with van der Waals surface area (Å²) in [6.45, 7) is 1.36. The van der Waals surface area contributed by atoms with Crippen molar-refractivity contribution in [2.75, 3.05) is 19.5 Å². The fourth-order valence-corrected chi connectivity index (χ4v) is 2.90. The molecule has 0 bridgehead atoms. The van der Waals surface area contributed by atoms with E-state index in [1.54, 1.807) is 0 Å². The first-order valence-electron chi connectivity index (χ1n) is 7.94. The summed E-state index contributed by atoms with van der Waals surface area (Å²) in [6, 6.07) is 6.51. The third-order valence-electron chi connectivity index (χ3n) is 3.62. The Morgan fingerprint density at radius 2 is 1.85 bits per heavy atom. The summed E-state index contributed by atoms with van der Waals surface area (Å²) in [7, 11) is 2.84. The predicted octanol–water partition coefficient (Wildman–Crippen LogP) is 1.98. The predicted molar refractivity (Wildman–Crippen MR) is 100 cm³/mol. The number of nitrogens with two attached hydrogens (primary N) is 1. The van der Waals surface area contributed by atoms with Gasteiger partial charge in [-0.25, -0.2) is 4.79 Å². The van der Waals surface area contributed by atoms with Crippen LogP contribution in [0.2, 0.25) is 0 Å². The molecule has 27 heavy (non-hydrogen) atoms. The number of ether oxygens (including phenoxy) is 3. The van der Waals surface area contributed by atoms with Crippen LogP contribution in [0.25, 0.3) is 0 Å². The van der Waals surface area contributed by atoms with Gasteiger partial charge < -0.3 is 25.3 Å². The number of hydrogen-bond donors (Lipinski definition) is 2. The van der Waals surface area contributed by atoms with Gasteiger partial charge in [-0.1, -0.05) is 6.07 Å². The van der Waals surface area contributed by atoms with E-state index >= 15 is 0 Å². The molecular formula is C18H20N2O6S. The third-order valence-corrected chi connectivity index (χ3v) is 4.49. The Kier molecular flexibility index (Phi) is 6.78. The number of primary amides is 1.